The Hall–Kier alpha value is -3.13. The molecule has 0 radical (unpaired) electrons. The summed E-state index contributed by atoms with van der Waals surface area (Å²) in [5.74, 6) is -0.380. The number of alkyl halides is 3. The van der Waals surface area contributed by atoms with Crippen LogP contribution in [-0.2, 0) is 19.6 Å². The highest BCUT2D eigenvalue weighted by Crippen LogP contribution is 2.32. The zero-order chi connectivity index (χ0) is 21.9. The minimum atomic E-state index is -4.46. The molecule has 1 heterocycles. The molecule has 0 fully saturated rings. The van der Waals surface area contributed by atoms with Gasteiger partial charge >= 0.3 is 6.18 Å². The van der Waals surface area contributed by atoms with Crippen molar-refractivity contribution < 1.29 is 18.0 Å². The van der Waals surface area contributed by atoms with Crippen LogP contribution >= 0.6 is 0 Å². The summed E-state index contributed by atoms with van der Waals surface area (Å²) in [5.41, 5.74) is 8.29. The summed E-state index contributed by atoms with van der Waals surface area (Å²) in [4.78, 5) is 12.7. The van der Waals surface area contributed by atoms with E-state index in [2.05, 4.69) is 10.4 Å². The number of halogens is 3. The number of aromatic nitrogens is 2. The van der Waals surface area contributed by atoms with Crippen molar-refractivity contribution in [2.45, 2.75) is 25.6 Å². The van der Waals surface area contributed by atoms with E-state index < -0.39 is 17.8 Å². The lowest BCUT2D eigenvalue weighted by Gasteiger charge is -2.20. The van der Waals surface area contributed by atoms with E-state index in [1.807, 2.05) is 26.1 Å². The zero-order valence-electron chi connectivity index (χ0n) is 16.7. The molecule has 0 saturated heterocycles. The molecule has 0 bridgehead atoms. The van der Waals surface area contributed by atoms with E-state index in [0.717, 1.165) is 22.9 Å². The molecular weight excluding hydrogens is 393 g/mol. The van der Waals surface area contributed by atoms with Crippen LogP contribution in [-0.4, -0.2) is 28.3 Å². The molecule has 0 spiro atoms. The Morgan fingerprint density at radius 2 is 1.93 bits per heavy atom. The third kappa shape index (κ3) is 4.71. The van der Waals surface area contributed by atoms with Crippen LogP contribution in [0.2, 0.25) is 0 Å². The SMILES string of the molecule is Cc1cc(C(=O)NC(CN)Cc2ccccc2C(F)(F)F)ccc1-c1ccnn1C. The molecule has 3 N–H and O–H groups in total. The van der Waals surface area contributed by atoms with Gasteiger partial charge in [-0.1, -0.05) is 24.3 Å². The lowest BCUT2D eigenvalue weighted by molar-refractivity contribution is -0.138. The van der Waals surface area contributed by atoms with Gasteiger partial charge in [0.2, 0.25) is 0 Å². The molecule has 0 aliphatic carbocycles. The third-order valence-corrected chi connectivity index (χ3v) is 4.99. The molecule has 3 rings (SSSR count). The average Bonchev–Trinajstić information content (AvgIpc) is 3.12. The Balaban J connectivity index is 1.77. The highest BCUT2D eigenvalue weighted by Gasteiger charge is 2.33. The Bertz CT molecular complexity index is 1040. The Labute approximate surface area is 172 Å². The maximum Gasteiger partial charge on any atom is 0.416 e. The van der Waals surface area contributed by atoms with Gasteiger partial charge in [-0.25, -0.2) is 0 Å². The van der Waals surface area contributed by atoms with Crippen LogP contribution in [0.4, 0.5) is 13.2 Å². The monoisotopic (exact) mass is 416 g/mol. The van der Waals surface area contributed by atoms with Gasteiger partial charge in [0.1, 0.15) is 0 Å². The number of amides is 1. The molecule has 5 nitrogen and oxygen atoms in total. The molecule has 158 valence electrons. The van der Waals surface area contributed by atoms with Gasteiger partial charge in [-0.2, -0.15) is 18.3 Å². The summed E-state index contributed by atoms with van der Waals surface area (Å²) >= 11 is 0. The number of hydrogen-bond acceptors (Lipinski definition) is 3. The minimum absolute atomic E-state index is 0.00991. The first-order valence-corrected chi connectivity index (χ1v) is 9.45. The van der Waals surface area contributed by atoms with Crippen LogP contribution in [0.25, 0.3) is 11.3 Å². The average molecular weight is 416 g/mol. The Morgan fingerprint density at radius 3 is 2.53 bits per heavy atom. The normalized spacial score (nSPS) is 12.6. The lowest BCUT2D eigenvalue weighted by Crippen LogP contribution is -2.42. The van der Waals surface area contributed by atoms with Crippen LogP contribution in [0, 0.1) is 6.92 Å². The molecule has 1 amide bonds. The van der Waals surface area contributed by atoms with Gasteiger partial charge < -0.3 is 11.1 Å². The second-order valence-electron chi connectivity index (χ2n) is 7.13. The number of hydrogen-bond donors (Lipinski definition) is 2. The Kier molecular flexibility index (Phi) is 6.26. The summed E-state index contributed by atoms with van der Waals surface area (Å²) < 4.78 is 41.4. The summed E-state index contributed by atoms with van der Waals surface area (Å²) in [6.45, 7) is 1.91. The summed E-state index contributed by atoms with van der Waals surface area (Å²) in [7, 11) is 1.83. The first-order chi connectivity index (χ1) is 14.2. The fourth-order valence-electron chi connectivity index (χ4n) is 3.43. The topological polar surface area (TPSA) is 72.9 Å². The first kappa shape index (κ1) is 21.6. The smallest absolute Gasteiger partial charge is 0.348 e. The third-order valence-electron chi connectivity index (χ3n) is 4.99. The van der Waals surface area contributed by atoms with E-state index >= 15 is 0 Å². The fraction of sp³-hybridized carbons (Fsp3) is 0.273. The Morgan fingerprint density at radius 1 is 1.20 bits per heavy atom. The lowest BCUT2D eigenvalue weighted by atomic mass is 9.99. The van der Waals surface area contributed by atoms with E-state index in [1.54, 1.807) is 29.1 Å². The van der Waals surface area contributed by atoms with Crippen LogP contribution in [0.1, 0.15) is 27.0 Å². The number of nitrogens with zero attached hydrogens (tertiary/aromatic N) is 2. The number of benzene rings is 2. The van der Waals surface area contributed by atoms with Crippen LogP contribution in [0.15, 0.2) is 54.7 Å². The molecule has 3 aromatic rings. The van der Waals surface area contributed by atoms with Crippen molar-refractivity contribution in [3.8, 4) is 11.3 Å². The number of rotatable bonds is 6. The predicted octanol–water partition coefficient (Wildman–Crippen LogP) is 3.71. The summed E-state index contributed by atoms with van der Waals surface area (Å²) in [6.07, 6.45) is -2.78. The van der Waals surface area contributed by atoms with Crippen LogP contribution in [0.3, 0.4) is 0 Å². The zero-order valence-corrected chi connectivity index (χ0v) is 16.7. The van der Waals surface area contributed by atoms with E-state index in [0.29, 0.717) is 5.56 Å². The number of nitrogens with two attached hydrogens (primary N) is 1. The predicted molar refractivity (Wildman–Crippen MR) is 109 cm³/mol. The molecule has 2 aromatic carbocycles. The van der Waals surface area contributed by atoms with E-state index in [-0.39, 0.29) is 24.4 Å². The van der Waals surface area contributed by atoms with Gasteiger partial charge in [-0.05, 0) is 48.7 Å². The van der Waals surface area contributed by atoms with Gasteiger partial charge in [-0.3, -0.25) is 9.48 Å². The maximum atomic E-state index is 13.2. The van der Waals surface area contributed by atoms with Gasteiger partial charge in [0.05, 0.1) is 11.3 Å². The van der Waals surface area contributed by atoms with E-state index in [1.165, 1.54) is 12.1 Å². The first-order valence-electron chi connectivity index (χ1n) is 9.45. The van der Waals surface area contributed by atoms with Crippen molar-refractivity contribution in [3.05, 3.63) is 77.0 Å². The molecule has 1 unspecified atom stereocenters. The van der Waals surface area contributed by atoms with Gasteiger partial charge in [0.15, 0.2) is 0 Å². The van der Waals surface area contributed by atoms with Crippen LogP contribution < -0.4 is 11.1 Å². The summed E-state index contributed by atoms with van der Waals surface area (Å²) in [5, 5.41) is 6.90. The molecule has 0 aliphatic rings. The second-order valence-corrected chi connectivity index (χ2v) is 7.13. The summed E-state index contributed by atoms with van der Waals surface area (Å²) in [6, 6.07) is 11.8. The quantitative estimate of drug-likeness (QED) is 0.643. The molecule has 0 aliphatic heterocycles. The van der Waals surface area contributed by atoms with Crippen molar-refractivity contribution in [1.29, 1.82) is 0 Å². The fourth-order valence-corrected chi connectivity index (χ4v) is 3.43. The number of carbonyl (C=O) groups excluding carboxylic acids is 1. The molecule has 0 saturated carbocycles. The maximum absolute atomic E-state index is 13.2. The van der Waals surface area contributed by atoms with E-state index in [9.17, 15) is 18.0 Å². The van der Waals surface area contributed by atoms with Gasteiger partial charge in [-0.15, -0.1) is 0 Å². The highest BCUT2D eigenvalue weighted by molar-refractivity contribution is 5.95. The van der Waals surface area contributed by atoms with Gasteiger partial charge in [0.25, 0.3) is 5.91 Å². The number of carbonyl (C=O) groups is 1. The second kappa shape index (κ2) is 8.71. The van der Waals surface area contributed by atoms with Crippen LogP contribution in [0.5, 0.6) is 0 Å². The van der Waals surface area contributed by atoms with Crippen molar-refractivity contribution in [1.82, 2.24) is 15.1 Å². The standard InChI is InChI=1S/C22H23F3N4O/c1-14-11-16(7-8-18(14)20-9-10-27-29(20)2)21(30)28-17(13-26)12-15-5-3-4-6-19(15)22(23,24)25/h3-11,17H,12-13,26H2,1-2H3,(H,28,30). The molecule has 1 aromatic heterocycles. The number of aryl methyl sites for hydroxylation is 2. The van der Waals surface area contributed by atoms with E-state index in [4.69, 9.17) is 5.73 Å². The van der Waals surface area contributed by atoms with Gasteiger partial charge in [0, 0.05) is 37.0 Å². The minimum Gasteiger partial charge on any atom is -0.348 e. The highest BCUT2D eigenvalue weighted by atomic mass is 19.4. The number of nitrogens with one attached hydrogen (secondary N) is 1. The van der Waals surface area contributed by atoms with Crippen molar-refractivity contribution in [2.75, 3.05) is 6.54 Å². The largest absolute Gasteiger partial charge is 0.416 e. The van der Waals surface area contributed by atoms with Crippen molar-refractivity contribution >= 4 is 5.91 Å². The molecule has 8 heteroatoms. The molecular formula is C22H23F3N4O. The van der Waals surface area contributed by atoms with Crippen molar-refractivity contribution in [2.24, 2.45) is 12.8 Å². The molecule has 1 atom stereocenters. The molecule has 30 heavy (non-hydrogen) atoms. The van der Waals surface area contributed by atoms with Crippen molar-refractivity contribution in [3.63, 3.8) is 0 Å².